The second-order valence-electron chi connectivity index (χ2n) is 6.55. The van der Waals surface area contributed by atoms with Crippen molar-refractivity contribution in [3.05, 3.63) is 59.0 Å². The molecule has 6 nitrogen and oxygen atoms in total. The van der Waals surface area contributed by atoms with Crippen LogP contribution in [-0.2, 0) is 0 Å². The third kappa shape index (κ3) is 2.08. The van der Waals surface area contributed by atoms with Crippen molar-refractivity contribution in [2.24, 2.45) is 0 Å². The first-order chi connectivity index (χ1) is 14.7. The van der Waals surface area contributed by atoms with Crippen LogP contribution in [0.2, 0.25) is 0 Å². The molecular formula is C24H8N4O2. The molecule has 0 N–H and O–H groups in total. The topological polar surface area (TPSA) is 121 Å². The molecule has 0 aliphatic carbocycles. The Hall–Kier alpha value is -5.04. The van der Waals surface area contributed by atoms with Crippen molar-refractivity contribution in [1.29, 1.82) is 21.0 Å². The molecule has 3 aromatic carbocycles. The van der Waals surface area contributed by atoms with Gasteiger partial charge in [-0.3, -0.25) is 0 Å². The Balaban J connectivity index is 2.38. The molecule has 0 saturated carbocycles. The van der Waals surface area contributed by atoms with Crippen LogP contribution in [0.25, 0.3) is 55.0 Å². The lowest BCUT2D eigenvalue weighted by Gasteiger charge is -1.99. The van der Waals surface area contributed by atoms with Gasteiger partial charge in [0, 0.05) is 21.5 Å². The molecule has 0 bridgehead atoms. The fourth-order valence-electron chi connectivity index (χ4n) is 3.92. The predicted molar refractivity (Wildman–Crippen MR) is 110 cm³/mol. The number of furan rings is 2. The van der Waals surface area contributed by atoms with Gasteiger partial charge in [-0.15, -0.1) is 0 Å². The largest absolute Gasteiger partial charge is 0.455 e. The monoisotopic (exact) mass is 384 g/mol. The summed E-state index contributed by atoms with van der Waals surface area (Å²) >= 11 is 0. The zero-order valence-electron chi connectivity index (χ0n) is 15.2. The summed E-state index contributed by atoms with van der Waals surface area (Å²) in [4.78, 5) is 0. The van der Waals surface area contributed by atoms with E-state index in [2.05, 4.69) is 0 Å². The average molecular weight is 384 g/mol. The normalized spacial score (nSPS) is 10.5. The van der Waals surface area contributed by atoms with E-state index in [4.69, 9.17) is 8.83 Å². The molecule has 0 aliphatic heterocycles. The van der Waals surface area contributed by atoms with Crippen molar-refractivity contribution in [2.45, 2.75) is 0 Å². The molecule has 6 heteroatoms. The molecule has 5 rings (SSSR count). The summed E-state index contributed by atoms with van der Waals surface area (Å²) in [5, 5.41) is 41.5. The summed E-state index contributed by atoms with van der Waals surface area (Å²) in [5.41, 5.74) is 1.28. The molecule has 2 aromatic heterocycles. The maximum absolute atomic E-state index is 9.66. The fraction of sp³-hybridized carbons (Fsp3) is 0. The van der Waals surface area contributed by atoms with Gasteiger partial charge in [0.25, 0.3) is 0 Å². The van der Waals surface area contributed by atoms with Gasteiger partial charge in [0.15, 0.2) is 0 Å². The van der Waals surface area contributed by atoms with Crippen LogP contribution in [-0.4, -0.2) is 0 Å². The Morgan fingerprint density at radius 1 is 0.567 bits per heavy atom. The van der Waals surface area contributed by atoms with Gasteiger partial charge in [0.1, 0.15) is 57.8 Å². The highest BCUT2D eigenvalue weighted by Gasteiger charge is 2.22. The Kier molecular flexibility index (Phi) is 3.56. The number of hydrogen-bond acceptors (Lipinski definition) is 6. The second kappa shape index (κ2) is 6.25. The Morgan fingerprint density at radius 3 is 1.30 bits per heavy atom. The van der Waals surface area contributed by atoms with Crippen molar-refractivity contribution < 1.29 is 8.83 Å². The highest BCUT2D eigenvalue weighted by atomic mass is 16.3. The SMILES string of the molecule is N#CC(C#N)=c1c2oc3ccccc3c2c(=C(C#N)C#N)c2oc3ccccc3c12. The van der Waals surface area contributed by atoms with E-state index in [1.165, 1.54) is 0 Å². The molecule has 0 atom stereocenters. The zero-order valence-corrected chi connectivity index (χ0v) is 15.2. The van der Waals surface area contributed by atoms with E-state index in [0.29, 0.717) is 43.1 Å². The molecule has 136 valence electrons. The smallest absolute Gasteiger partial charge is 0.146 e. The van der Waals surface area contributed by atoms with Crippen LogP contribution in [0.4, 0.5) is 0 Å². The van der Waals surface area contributed by atoms with Crippen molar-refractivity contribution in [3.63, 3.8) is 0 Å². The Bertz CT molecular complexity index is 1670. The van der Waals surface area contributed by atoms with E-state index < -0.39 is 0 Å². The standard InChI is InChI=1S/C24H8N4O2/c25-9-13(10-26)19-21-15-5-1-3-7-17(15)29-23(21)20(14(11-27)12-28)22-16-6-2-4-8-18(16)30-24(19)22/h1-8H. The van der Waals surface area contributed by atoms with Gasteiger partial charge >= 0.3 is 0 Å². The van der Waals surface area contributed by atoms with Gasteiger partial charge in [-0.05, 0) is 12.1 Å². The van der Waals surface area contributed by atoms with Gasteiger partial charge in [-0.2, -0.15) is 21.0 Å². The number of nitriles is 4. The lowest BCUT2D eigenvalue weighted by Crippen LogP contribution is -2.16. The van der Waals surface area contributed by atoms with E-state index >= 15 is 0 Å². The summed E-state index contributed by atoms with van der Waals surface area (Å²) < 4.78 is 12.2. The number of benzene rings is 3. The summed E-state index contributed by atoms with van der Waals surface area (Å²) in [6.45, 7) is 0. The number of nitrogens with zero attached hydrogens (tertiary/aromatic N) is 4. The van der Waals surface area contributed by atoms with Gasteiger partial charge < -0.3 is 8.83 Å². The molecule has 0 aliphatic rings. The van der Waals surface area contributed by atoms with Gasteiger partial charge in [0.2, 0.25) is 0 Å². The third-order valence-corrected chi connectivity index (χ3v) is 5.09. The van der Waals surface area contributed by atoms with Crippen LogP contribution in [0.3, 0.4) is 0 Å². The Labute approximate surface area is 168 Å². The molecule has 0 radical (unpaired) electrons. The van der Waals surface area contributed by atoms with Crippen LogP contribution in [0.15, 0.2) is 57.4 Å². The predicted octanol–water partition coefficient (Wildman–Crippen LogP) is 3.88. The first kappa shape index (κ1) is 17.1. The zero-order chi connectivity index (χ0) is 20.8. The van der Waals surface area contributed by atoms with Crippen molar-refractivity contribution in [3.8, 4) is 24.3 Å². The number of para-hydroxylation sites is 2. The molecule has 0 spiro atoms. The highest BCUT2D eigenvalue weighted by Crippen LogP contribution is 2.31. The first-order valence-corrected chi connectivity index (χ1v) is 8.87. The first-order valence-electron chi connectivity index (χ1n) is 8.87. The Morgan fingerprint density at radius 2 is 0.933 bits per heavy atom. The minimum atomic E-state index is -0.141. The lowest BCUT2D eigenvalue weighted by atomic mass is 9.99. The number of hydrogen-bond donors (Lipinski definition) is 0. The average Bonchev–Trinajstić information content (AvgIpc) is 3.35. The molecule has 0 saturated heterocycles. The van der Waals surface area contributed by atoms with Crippen molar-refractivity contribution in [2.75, 3.05) is 0 Å². The van der Waals surface area contributed by atoms with Crippen LogP contribution < -0.4 is 10.4 Å². The van der Waals surface area contributed by atoms with Gasteiger partial charge in [0.05, 0.1) is 10.4 Å². The summed E-state index contributed by atoms with van der Waals surface area (Å²) in [7, 11) is 0. The molecule has 5 aromatic rings. The minimum Gasteiger partial charge on any atom is -0.455 e. The molecular weight excluding hydrogens is 376 g/mol. The van der Waals surface area contributed by atoms with Crippen molar-refractivity contribution in [1.82, 2.24) is 0 Å². The summed E-state index contributed by atoms with van der Waals surface area (Å²) in [6, 6.07) is 22.1. The number of rotatable bonds is 0. The van der Waals surface area contributed by atoms with Crippen LogP contribution in [0.5, 0.6) is 0 Å². The quantitative estimate of drug-likeness (QED) is 0.399. The summed E-state index contributed by atoms with van der Waals surface area (Å²) in [5.74, 6) is 0. The van der Waals surface area contributed by atoms with E-state index in [1.807, 2.05) is 24.3 Å². The van der Waals surface area contributed by atoms with E-state index in [1.54, 1.807) is 48.5 Å². The molecule has 0 fully saturated rings. The van der Waals surface area contributed by atoms with Crippen LogP contribution in [0.1, 0.15) is 0 Å². The van der Waals surface area contributed by atoms with Crippen molar-refractivity contribution >= 4 is 55.0 Å². The van der Waals surface area contributed by atoms with Gasteiger partial charge in [-0.1, -0.05) is 36.4 Å². The number of fused-ring (bicyclic) bond motifs is 6. The van der Waals surface area contributed by atoms with Crippen LogP contribution >= 0.6 is 0 Å². The second-order valence-corrected chi connectivity index (χ2v) is 6.55. The van der Waals surface area contributed by atoms with E-state index in [-0.39, 0.29) is 22.3 Å². The van der Waals surface area contributed by atoms with E-state index in [9.17, 15) is 21.0 Å². The maximum atomic E-state index is 9.66. The summed E-state index contributed by atoms with van der Waals surface area (Å²) in [6.07, 6.45) is 0. The van der Waals surface area contributed by atoms with Crippen LogP contribution in [0, 0.1) is 45.3 Å². The molecule has 30 heavy (non-hydrogen) atoms. The lowest BCUT2D eigenvalue weighted by molar-refractivity contribution is 0.660. The fourth-order valence-corrected chi connectivity index (χ4v) is 3.92. The van der Waals surface area contributed by atoms with Gasteiger partial charge in [-0.25, -0.2) is 0 Å². The molecule has 0 unspecified atom stereocenters. The molecule has 0 amide bonds. The van der Waals surface area contributed by atoms with E-state index in [0.717, 1.165) is 0 Å². The third-order valence-electron chi connectivity index (χ3n) is 5.09. The maximum Gasteiger partial charge on any atom is 0.146 e. The highest BCUT2D eigenvalue weighted by molar-refractivity contribution is 6.18. The molecule has 2 heterocycles. The minimum absolute atomic E-state index is 0.141.